The maximum absolute atomic E-state index is 12.2. The number of benzene rings is 2. The second-order valence-electron chi connectivity index (χ2n) is 5.94. The van der Waals surface area contributed by atoms with Crippen molar-refractivity contribution in [2.75, 3.05) is 18.5 Å². The number of carbonyl (C=O) groups excluding carboxylic acids is 2. The molecule has 0 aliphatic carbocycles. The predicted molar refractivity (Wildman–Crippen MR) is 102 cm³/mol. The molecule has 0 radical (unpaired) electrons. The van der Waals surface area contributed by atoms with E-state index in [2.05, 4.69) is 15.8 Å². The topological polar surface area (TPSA) is 89.0 Å². The van der Waals surface area contributed by atoms with Crippen LogP contribution in [0.4, 0.5) is 5.69 Å². The number of hydrogen-bond acceptors (Lipinski definition) is 5. The second-order valence-corrected chi connectivity index (χ2v) is 5.94. The maximum atomic E-state index is 12.2. The van der Waals surface area contributed by atoms with Gasteiger partial charge in [0.1, 0.15) is 11.5 Å². The highest BCUT2D eigenvalue weighted by Crippen LogP contribution is 2.26. The van der Waals surface area contributed by atoms with Gasteiger partial charge in [0.15, 0.2) is 6.10 Å². The van der Waals surface area contributed by atoms with Crippen molar-refractivity contribution in [1.82, 2.24) is 5.32 Å². The molecule has 2 N–H and O–H groups in total. The summed E-state index contributed by atoms with van der Waals surface area (Å²) in [6.45, 7) is 2.33. The highest BCUT2D eigenvalue weighted by molar-refractivity contribution is 6.39. The molecule has 3 rings (SSSR count). The van der Waals surface area contributed by atoms with Gasteiger partial charge in [-0.05, 0) is 36.8 Å². The van der Waals surface area contributed by atoms with Crippen LogP contribution in [-0.4, -0.2) is 30.7 Å². The van der Waals surface area contributed by atoms with E-state index in [0.717, 1.165) is 11.3 Å². The molecular weight excluding hydrogens is 346 g/mol. The highest BCUT2D eigenvalue weighted by Gasteiger charge is 2.27. The molecule has 1 atom stereocenters. The standard InChI is InChI=1S/C20H21N3O4/c1-2-26-16-10-8-15(9-11-16)22-19(24)13-21-20(25)17-12-18(27-23-17)14-6-4-3-5-7-14/h3-11,18H,2,12-13H2,1H3,(H,21,25)(H,22,24). The average Bonchev–Trinajstić information content (AvgIpc) is 3.19. The number of amides is 2. The maximum Gasteiger partial charge on any atom is 0.269 e. The van der Waals surface area contributed by atoms with Gasteiger partial charge < -0.3 is 20.2 Å². The van der Waals surface area contributed by atoms with E-state index in [0.29, 0.717) is 18.7 Å². The monoisotopic (exact) mass is 367 g/mol. The Kier molecular flexibility index (Phi) is 6.04. The van der Waals surface area contributed by atoms with E-state index in [1.165, 1.54) is 0 Å². The van der Waals surface area contributed by atoms with Gasteiger partial charge in [-0.3, -0.25) is 9.59 Å². The Hall–Kier alpha value is -3.35. The number of carbonyl (C=O) groups is 2. The third kappa shape index (κ3) is 5.07. The number of nitrogens with zero attached hydrogens (tertiary/aromatic N) is 1. The number of anilines is 1. The smallest absolute Gasteiger partial charge is 0.269 e. The van der Waals surface area contributed by atoms with E-state index in [-0.39, 0.29) is 24.3 Å². The van der Waals surface area contributed by atoms with Gasteiger partial charge in [-0.2, -0.15) is 0 Å². The lowest BCUT2D eigenvalue weighted by Crippen LogP contribution is -2.36. The summed E-state index contributed by atoms with van der Waals surface area (Å²) in [5.74, 6) is -0.00192. The minimum Gasteiger partial charge on any atom is -0.494 e. The van der Waals surface area contributed by atoms with E-state index in [1.807, 2.05) is 37.3 Å². The Labute approximate surface area is 157 Å². The van der Waals surface area contributed by atoms with Gasteiger partial charge in [0.2, 0.25) is 5.91 Å². The number of rotatable bonds is 7. The number of ether oxygens (including phenoxy) is 1. The molecule has 140 valence electrons. The second kappa shape index (κ2) is 8.84. The van der Waals surface area contributed by atoms with Gasteiger partial charge in [-0.1, -0.05) is 35.5 Å². The molecule has 2 aromatic rings. The first kappa shape index (κ1) is 18.4. The number of nitrogens with one attached hydrogen (secondary N) is 2. The SMILES string of the molecule is CCOc1ccc(NC(=O)CNC(=O)C2=NOC(c3ccccc3)C2)cc1. The van der Waals surface area contributed by atoms with Gasteiger partial charge in [0.25, 0.3) is 5.91 Å². The Balaban J connectivity index is 1.44. The van der Waals surface area contributed by atoms with Gasteiger partial charge in [0, 0.05) is 12.1 Å². The third-order valence-corrected chi connectivity index (χ3v) is 3.96. The fraction of sp³-hybridized carbons (Fsp3) is 0.250. The van der Waals surface area contributed by atoms with E-state index in [9.17, 15) is 9.59 Å². The lowest BCUT2D eigenvalue weighted by Gasteiger charge is -2.08. The van der Waals surface area contributed by atoms with Crippen LogP contribution in [0, 0.1) is 0 Å². The van der Waals surface area contributed by atoms with Crippen molar-refractivity contribution < 1.29 is 19.2 Å². The van der Waals surface area contributed by atoms with Crippen LogP contribution in [0.1, 0.15) is 25.0 Å². The van der Waals surface area contributed by atoms with Gasteiger partial charge in [-0.15, -0.1) is 0 Å². The molecule has 1 heterocycles. The molecule has 1 aliphatic rings. The molecule has 7 heteroatoms. The van der Waals surface area contributed by atoms with Crippen LogP contribution in [0.25, 0.3) is 0 Å². The van der Waals surface area contributed by atoms with Crippen LogP contribution in [0.15, 0.2) is 59.8 Å². The lowest BCUT2D eigenvalue weighted by atomic mass is 10.0. The van der Waals surface area contributed by atoms with Crippen molar-refractivity contribution in [2.24, 2.45) is 5.16 Å². The quantitative estimate of drug-likeness (QED) is 0.787. The first-order chi connectivity index (χ1) is 13.2. The van der Waals surface area contributed by atoms with Crippen molar-refractivity contribution in [3.8, 4) is 5.75 Å². The third-order valence-electron chi connectivity index (χ3n) is 3.96. The Bertz CT molecular complexity index is 819. The van der Waals surface area contributed by atoms with Crippen LogP contribution in [0.5, 0.6) is 5.75 Å². The fourth-order valence-corrected chi connectivity index (χ4v) is 2.63. The summed E-state index contributed by atoms with van der Waals surface area (Å²) in [6, 6.07) is 16.6. The molecule has 0 aromatic heterocycles. The normalized spacial score (nSPS) is 15.4. The van der Waals surface area contributed by atoms with E-state index < -0.39 is 5.91 Å². The van der Waals surface area contributed by atoms with Gasteiger partial charge in [-0.25, -0.2) is 0 Å². The highest BCUT2D eigenvalue weighted by atomic mass is 16.6. The van der Waals surface area contributed by atoms with Crippen molar-refractivity contribution in [1.29, 1.82) is 0 Å². The zero-order chi connectivity index (χ0) is 19.1. The summed E-state index contributed by atoms with van der Waals surface area (Å²) in [7, 11) is 0. The molecule has 2 aromatic carbocycles. The van der Waals surface area contributed by atoms with E-state index >= 15 is 0 Å². The van der Waals surface area contributed by atoms with Crippen LogP contribution < -0.4 is 15.4 Å². The summed E-state index contributed by atoms with van der Waals surface area (Å²) < 4.78 is 5.35. The predicted octanol–water partition coefficient (Wildman–Crippen LogP) is 2.66. The molecule has 0 bridgehead atoms. The van der Waals surface area contributed by atoms with Crippen molar-refractivity contribution >= 4 is 23.2 Å². The summed E-state index contributed by atoms with van der Waals surface area (Å²) in [5, 5.41) is 9.11. The fourth-order valence-electron chi connectivity index (χ4n) is 2.63. The van der Waals surface area contributed by atoms with Gasteiger partial charge >= 0.3 is 0 Å². The Morgan fingerprint density at radius 1 is 1.15 bits per heavy atom. The molecule has 0 spiro atoms. The molecule has 7 nitrogen and oxygen atoms in total. The molecule has 0 saturated carbocycles. The van der Waals surface area contributed by atoms with Crippen LogP contribution in [-0.2, 0) is 14.4 Å². The molecule has 1 unspecified atom stereocenters. The summed E-state index contributed by atoms with van der Waals surface area (Å²) >= 11 is 0. The van der Waals surface area contributed by atoms with E-state index in [4.69, 9.17) is 9.57 Å². The minimum atomic E-state index is -0.407. The van der Waals surface area contributed by atoms with Crippen LogP contribution in [0.3, 0.4) is 0 Å². The van der Waals surface area contributed by atoms with Crippen molar-refractivity contribution in [3.63, 3.8) is 0 Å². The lowest BCUT2D eigenvalue weighted by molar-refractivity contribution is -0.120. The molecule has 0 saturated heterocycles. The first-order valence-corrected chi connectivity index (χ1v) is 8.74. The largest absolute Gasteiger partial charge is 0.494 e. The van der Waals surface area contributed by atoms with Crippen LogP contribution >= 0.6 is 0 Å². The molecule has 27 heavy (non-hydrogen) atoms. The number of oxime groups is 1. The first-order valence-electron chi connectivity index (χ1n) is 8.74. The summed E-state index contributed by atoms with van der Waals surface area (Å²) in [5.41, 5.74) is 1.86. The molecule has 2 amide bonds. The Morgan fingerprint density at radius 3 is 2.59 bits per heavy atom. The molecular formula is C20H21N3O4. The average molecular weight is 367 g/mol. The summed E-state index contributed by atoms with van der Waals surface area (Å²) in [6.07, 6.45) is 0.0979. The zero-order valence-corrected chi connectivity index (χ0v) is 15.0. The molecule has 1 aliphatic heterocycles. The van der Waals surface area contributed by atoms with Crippen molar-refractivity contribution in [2.45, 2.75) is 19.4 Å². The minimum absolute atomic E-state index is 0.152. The van der Waals surface area contributed by atoms with E-state index in [1.54, 1.807) is 24.3 Å². The van der Waals surface area contributed by atoms with Gasteiger partial charge in [0.05, 0.1) is 13.2 Å². The number of hydrogen-bond donors (Lipinski definition) is 2. The van der Waals surface area contributed by atoms with Crippen molar-refractivity contribution in [3.05, 3.63) is 60.2 Å². The Morgan fingerprint density at radius 2 is 1.89 bits per heavy atom. The van der Waals surface area contributed by atoms with Crippen LogP contribution in [0.2, 0.25) is 0 Å². The zero-order valence-electron chi connectivity index (χ0n) is 15.0. The summed E-state index contributed by atoms with van der Waals surface area (Å²) in [4.78, 5) is 29.5. The molecule has 0 fully saturated rings.